The lowest BCUT2D eigenvalue weighted by Gasteiger charge is -2.31. The lowest BCUT2D eigenvalue weighted by molar-refractivity contribution is 0.145. The van der Waals surface area contributed by atoms with Gasteiger partial charge in [0.1, 0.15) is 0 Å². The molecule has 0 radical (unpaired) electrons. The summed E-state index contributed by atoms with van der Waals surface area (Å²) in [7, 11) is 0. The van der Waals surface area contributed by atoms with Crippen molar-refractivity contribution in [1.82, 2.24) is 9.80 Å². The maximum absolute atomic E-state index is 13.3. The maximum atomic E-state index is 13.3. The highest BCUT2D eigenvalue weighted by atomic mass is 16.2. The van der Waals surface area contributed by atoms with Gasteiger partial charge in [-0.15, -0.1) is 0 Å². The first-order valence-electron chi connectivity index (χ1n) is 9.86. The van der Waals surface area contributed by atoms with E-state index in [9.17, 15) is 4.79 Å². The molecule has 3 heteroatoms. The Kier molecular flexibility index (Phi) is 8.74. The van der Waals surface area contributed by atoms with Crippen LogP contribution in [-0.4, -0.2) is 28.9 Å². The van der Waals surface area contributed by atoms with Crippen molar-refractivity contribution in [3.05, 3.63) is 71.8 Å². The van der Waals surface area contributed by atoms with Gasteiger partial charge in [0, 0.05) is 26.2 Å². The van der Waals surface area contributed by atoms with Crippen LogP contribution in [0.4, 0.5) is 4.79 Å². The molecule has 0 heterocycles. The van der Waals surface area contributed by atoms with Crippen molar-refractivity contribution in [3.63, 3.8) is 0 Å². The van der Waals surface area contributed by atoms with E-state index in [0.29, 0.717) is 13.1 Å². The van der Waals surface area contributed by atoms with Crippen LogP contribution in [0.15, 0.2) is 60.7 Å². The predicted molar refractivity (Wildman–Crippen MR) is 109 cm³/mol. The number of amides is 2. The summed E-state index contributed by atoms with van der Waals surface area (Å²) in [6.45, 7) is 7.31. The Bertz CT molecular complexity index is 572. The van der Waals surface area contributed by atoms with Crippen LogP contribution >= 0.6 is 0 Å². The summed E-state index contributed by atoms with van der Waals surface area (Å²) >= 11 is 0. The van der Waals surface area contributed by atoms with Crippen LogP contribution in [0.5, 0.6) is 0 Å². The van der Waals surface area contributed by atoms with Crippen molar-refractivity contribution in [3.8, 4) is 0 Å². The molecule has 0 unspecified atom stereocenters. The molecule has 3 nitrogen and oxygen atoms in total. The maximum Gasteiger partial charge on any atom is 0.320 e. The van der Waals surface area contributed by atoms with Gasteiger partial charge in [0.15, 0.2) is 0 Å². The lowest BCUT2D eigenvalue weighted by Crippen LogP contribution is -2.43. The van der Waals surface area contributed by atoms with Gasteiger partial charge in [0.25, 0.3) is 0 Å². The summed E-state index contributed by atoms with van der Waals surface area (Å²) in [5.74, 6) is 0. The highest BCUT2D eigenvalue weighted by Crippen LogP contribution is 2.13. The van der Waals surface area contributed by atoms with Gasteiger partial charge in [-0.1, -0.05) is 87.4 Å². The number of hydrogen-bond acceptors (Lipinski definition) is 1. The molecular weight excluding hydrogens is 320 g/mol. The number of urea groups is 1. The molecule has 0 atom stereocenters. The SMILES string of the molecule is CCCCN(Cc1ccccc1)C(=O)N(CCCC)Cc1ccccc1. The molecule has 0 bridgehead atoms. The molecule has 0 aliphatic carbocycles. The first kappa shape index (κ1) is 20.0. The van der Waals surface area contributed by atoms with Crippen molar-refractivity contribution in [1.29, 1.82) is 0 Å². The molecular formula is C23H32N2O. The van der Waals surface area contributed by atoms with Gasteiger partial charge in [-0.3, -0.25) is 0 Å². The zero-order valence-electron chi connectivity index (χ0n) is 16.2. The van der Waals surface area contributed by atoms with E-state index in [2.05, 4.69) is 38.1 Å². The van der Waals surface area contributed by atoms with Crippen molar-refractivity contribution >= 4 is 6.03 Å². The topological polar surface area (TPSA) is 23.6 Å². The molecule has 2 amide bonds. The third-order valence-corrected chi connectivity index (χ3v) is 4.54. The molecule has 140 valence electrons. The average Bonchev–Trinajstić information content (AvgIpc) is 2.69. The van der Waals surface area contributed by atoms with Gasteiger partial charge >= 0.3 is 6.03 Å². The van der Waals surface area contributed by atoms with Crippen LogP contribution in [-0.2, 0) is 13.1 Å². The second-order valence-electron chi connectivity index (χ2n) is 6.80. The van der Waals surface area contributed by atoms with Gasteiger partial charge in [0.05, 0.1) is 0 Å². The Morgan fingerprint density at radius 3 is 1.42 bits per heavy atom. The van der Waals surface area contributed by atoms with Gasteiger partial charge < -0.3 is 9.80 Å². The fourth-order valence-corrected chi connectivity index (χ4v) is 2.99. The molecule has 0 aliphatic heterocycles. The highest BCUT2D eigenvalue weighted by Gasteiger charge is 2.20. The van der Waals surface area contributed by atoms with Crippen molar-refractivity contribution < 1.29 is 4.79 Å². The van der Waals surface area contributed by atoms with E-state index < -0.39 is 0 Å². The number of carbonyl (C=O) groups is 1. The van der Waals surface area contributed by atoms with Crippen LogP contribution in [0.2, 0.25) is 0 Å². The molecule has 0 aromatic heterocycles. The first-order valence-corrected chi connectivity index (χ1v) is 9.86. The van der Waals surface area contributed by atoms with Gasteiger partial charge in [-0.2, -0.15) is 0 Å². The Morgan fingerprint density at radius 2 is 1.08 bits per heavy atom. The van der Waals surface area contributed by atoms with E-state index in [4.69, 9.17) is 0 Å². The monoisotopic (exact) mass is 352 g/mol. The molecule has 0 aliphatic rings. The number of rotatable bonds is 10. The zero-order chi connectivity index (χ0) is 18.6. The Hall–Kier alpha value is -2.29. The minimum absolute atomic E-state index is 0.152. The first-order chi connectivity index (χ1) is 12.7. The van der Waals surface area contributed by atoms with E-state index in [1.807, 2.05) is 46.2 Å². The third-order valence-electron chi connectivity index (χ3n) is 4.54. The van der Waals surface area contributed by atoms with Crippen molar-refractivity contribution in [2.75, 3.05) is 13.1 Å². The van der Waals surface area contributed by atoms with Crippen LogP contribution in [0.25, 0.3) is 0 Å². The second-order valence-corrected chi connectivity index (χ2v) is 6.80. The Balaban J connectivity index is 2.13. The number of hydrogen-bond donors (Lipinski definition) is 0. The van der Waals surface area contributed by atoms with E-state index in [1.165, 1.54) is 11.1 Å². The molecule has 0 saturated heterocycles. The van der Waals surface area contributed by atoms with Gasteiger partial charge in [0.2, 0.25) is 0 Å². The predicted octanol–water partition coefficient (Wildman–Crippen LogP) is 5.71. The minimum Gasteiger partial charge on any atom is -0.320 e. The largest absolute Gasteiger partial charge is 0.320 e. The number of nitrogens with zero attached hydrogens (tertiary/aromatic N) is 2. The summed E-state index contributed by atoms with van der Waals surface area (Å²) in [4.78, 5) is 17.3. The molecule has 26 heavy (non-hydrogen) atoms. The minimum atomic E-state index is 0.152. The van der Waals surface area contributed by atoms with Crippen molar-refractivity contribution in [2.45, 2.75) is 52.6 Å². The average molecular weight is 353 g/mol. The molecule has 0 spiro atoms. The molecule has 0 fully saturated rings. The second kappa shape index (κ2) is 11.3. The summed E-state index contributed by atoms with van der Waals surface area (Å²) in [5, 5.41) is 0. The quantitative estimate of drug-likeness (QED) is 0.537. The number of unbranched alkanes of at least 4 members (excludes halogenated alkanes) is 2. The molecule has 0 saturated carbocycles. The van der Waals surface area contributed by atoms with Crippen LogP contribution in [0.1, 0.15) is 50.7 Å². The third kappa shape index (κ3) is 6.55. The molecule has 2 aromatic rings. The van der Waals surface area contributed by atoms with Gasteiger partial charge in [-0.05, 0) is 24.0 Å². The van der Waals surface area contributed by atoms with E-state index in [-0.39, 0.29) is 6.03 Å². The fourth-order valence-electron chi connectivity index (χ4n) is 2.99. The smallest absolute Gasteiger partial charge is 0.320 e. The lowest BCUT2D eigenvalue weighted by atomic mass is 10.2. The summed E-state index contributed by atoms with van der Waals surface area (Å²) < 4.78 is 0. The van der Waals surface area contributed by atoms with Crippen LogP contribution in [0, 0.1) is 0 Å². The number of benzene rings is 2. The fraction of sp³-hybridized carbons (Fsp3) is 0.435. The van der Waals surface area contributed by atoms with Crippen LogP contribution < -0.4 is 0 Å². The zero-order valence-corrected chi connectivity index (χ0v) is 16.2. The van der Waals surface area contributed by atoms with E-state index in [1.54, 1.807) is 0 Å². The Morgan fingerprint density at radius 1 is 0.692 bits per heavy atom. The standard InChI is InChI=1S/C23H32N2O/c1-3-5-17-24(19-21-13-9-7-10-14-21)23(26)25(18-6-4-2)20-22-15-11-8-12-16-22/h7-16H,3-6,17-20H2,1-2H3. The summed E-state index contributed by atoms with van der Waals surface area (Å²) in [6.07, 6.45) is 4.25. The molecule has 2 rings (SSSR count). The van der Waals surface area contributed by atoms with E-state index in [0.717, 1.165) is 38.8 Å². The van der Waals surface area contributed by atoms with Gasteiger partial charge in [-0.25, -0.2) is 4.79 Å². The molecule has 0 N–H and O–H groups in total. The summed E-state index contributed by atoms with van der Waals surface area (Å²) in [5.41, 5.74) is 2.37. The normalized spacial score (nSPS) is 10.5. The van der Waals surface area contributed by atoms with Crippen LogP contribution in [0.3, 0.4) is 0 Å². The highest BCUT2D eigenvalue weighted by molar-refractivity contribution is 5.74. The molecule has 2 aromatic carbocycles. The Labute approximate surface area is 158 Å². The summed E-state index contributed by atoms with van der Waals surface area (Å²) in [6, 6.07) is 20.7. The number of carbonyl (C=O) groups excluding carboxylic acids is 1. The van der Waals surface area contributed by atoms with E-state index >= 15 is 0 Å². The van der Waals surface area contributed by atoms with Crippen molar-refractivity contribution in [2.24, 2.45) is 0 Å².